The Morgan fingerprint density at radius 1 is 1.21 bits per heavy atom. The van der Waals surface area contributed by atoms with Gasteiger partial charge in [-0.1, -0.05) is 24.3 Å². The van der Waals surface area contributed by atoms with Crippen molar-refractivity contribution in [3.05, 3.63) is 71.7 Å². The molecular formula is C19H20N4O. The number of hydrogen-bond acceptors (Lipinski definition) is 4. The number of benzene rings is 1. The van der Waals surface area contributed by atoms with Crippen LogP contribution >= 0.6 is 0 Å². The van der Waals surface area contributed by atoms with Crippen molar-refractivity contribution in [3.63, 3.8) is 0 Å². The minimum atomic E-state index is -0.386. The highest BCUT2D eigenvalue weighted by Crippen LogP contribution is 2.32. The van der Waals surface area contributed by atoms with Gasteiger partial charge in [-0.25, -0.2) is 0 Å². The average molecular weight is 320 g/mol. The number of aliphatic hydroxyl groups is 1. The zero-order valence-corrected chi connectivity index (χ0v) is 13.6. The lowest BCUT2D eigenvalue weighted by Gasteiger charge is -2.18. The summed E-state index contributed by atoms with van der Waals surface area (Å²) in [5.74, 6) is 0. The van der Waals surface area contributed by atoms with Gasteiger partial charge in [-0.3, -0.25) is 9.67 Å². The lowest BCUT2D eigenvalue weighted by molar-refractivity contribution is 0.140. The molecule has 1 aliphatic rings. The van der Waals surface area contributed by atoms with Crippen molar-refractivity contribution < 1.29 is 5.11 Å². The highest BCUT2D eigenvalue weighted by atomic mass is 16.3. The van der Waals surface area contributed by atoms with E-state index in [0.717, 1.165) is 16.8 Å². The summed E-state index contributed by atoms with van der Waals surface area (Å²) in [4.78, 5) is 4.07. The summed E-state index contributed by atoms with van der Waals surface area (Å²) in [7, 11) is 1.92. The first-order valence-electron chi connectivity index (χ1n) is 8.14. The van der Waals surface area contributed by atoms with Gasteiger partial charge < -0.3 is 10.4 Å². The molecule has 1 aromatic carbocycles. The summed E-state index contributed by atoms with van der Waals surface area (Å²) in [6, 6.07) is 12.1. The molecule has 5 heteroatoms. The first kappa shape index (κ1) is 15.1. The Morgan fingerprint density at radius 3 is 2.83 bits per heavy atom. The zero-order chi connectivity index (χ0) is 16.5. The van der Waals surface area contributed by atoms with Crippen LogP contribution in [-0.2, 0) is 20.0 Å². The fourth-order valence-corrected chi connectivity index (χ4v) is 3.46. The largest absolute Gasteiger partial charge is 0.391 e. The van der Waals surface area contributed by atoms with Crippen LogP contribution in [0.4, 0.5) is 0 Å². The van der Waals surface area contributed by atoms with Crippen LogP contribution in [0.25, 0.3) is 11.3 Å². The molecule has 1 aliphatic carbocycles. The Bertz CT molecular complexity index is 844. The number of aryl methyl sites for hydroxylation is 1. The van der Waals surface area contributed by atoms with E-state index in [9.17, 15) is 5.11 Å². The predicted molar refractivity (Wildman–Crippen MR) is 92.2 cm³/mol. The number of nitrogens with one attached hydrogen (secondary N) is 1. The van der Waals surface area contributed by atoms with Gasteiger partial charge in [0.2, 0.25) is 0 Å². The average Bonchev–Trinajstić information content (AvgIpc) is 3.13. The van der Waals surface area contributed by atoms with Crippen LogP contribution in [0.2, 0.25) is 0 Å². The van der Waals surface area contributed by atoms with Crippen LogP contribution in [-0.4, -0.2) is 26.0 Å². The Labute approximate surface area is 141 Å². The topological polar surface area (TPSA) is 63.0 Å². The molecule has 24 heavy (non-hydrogen) atoms. The van der Waals surface area contributed by atoms with Crippen LogP contribution in [0.15, 0.2) is 55.0 Å². The quantitative estimate of drug-likeness (QED) is 0.774. The number of pyridine rings is 1. The molecule has 3 aromatic rings. The van der Waals surface area contributed by atoms with E-state index < -0.39 is 0 Å². The van der Waals surface area contributed by atoms with Gasteiger partial charge in [-0.2, -0.15) is 5.10 Å². The molecule has 2 N–H and O–H groups in total. The van der Waals surface area contributed by atoms with Crippen LogP contribution < -0.4 is 5.32 Å². The molecule has 2 atom stereocenters. The first-order valence-corrected chi connectivity index (χ1v) is 8.14. The van der Waals surface area contributed by atoms with Crippen LogP contribution in [0.5, 0.6) is 0 Å². The van der Waals surface area contributed by atoms with E-state index in [1.165, 1.54) is 11.1 Å². The van der Waals surface area contributed by atoms with Crippen molar-refractivity contribution in [1.29, 1.82) is 0 Å². The summed E-state index contributed by atoms with van der Waals surface area (Å²) in [6.45, 7) is 0.654. The van der Waals surface area contributed by atoms with Gasteiger partial charge >= 0.3 is 0 Å². The van der Waals surface area contributed by atoms with Crippen molar-refractivity contribution in [2.24, 2.45) is 7.05 Å². The summed E-state index contributed by atoms with van der Waals surface area (Å²) >= 11 is 0. The maximum Gasteiger partial charge on any atom is 0.0969 e. The van der Waals surface area contributed by atoms with Crippen LogP contribution in [0.3, 0.4) is 0 Å². The van der Waals surface area contributed by atoms with Crippen molar-refractivity contribution in [2.75, 3.05) is 0 Å². The second-order valence-electron chi connectivity index (χ2n) is 6.24. The van der Waals surface area contributed by atoms with Gasteiger partial charge in [0.15, 0.2) is 0 Å². The molecular weight excluding hydrogens is 300 g/mol. The molecule has 122 valence electrons. The third-order valence-corrected chi connectivity index (χ3v) is 4.57. The molecule has 0 radical (unpaired) electrons. The molecule has 0 amide bonds. The molecule has 0 aliphatic heterocycles. The molecule has 0 spiro atoms. The number of rotatable bonds is 4. The second kappa shape index (κ2) is 6.19. The van der Waals surface area contributed by atoms with Gasteiger partial charge in [0, 0.05) is 49.7 Å². The van der Waals surface area contributed by atoms with Gasteiger partial charge in [-0.15, -0.1) is 0 Å². The minimum Gasteiger partial charge on any atom is -0.391 e. The van der Waals surface area contributed by atoms with Gasteiger partial charge in [0.05, 0.1) is 17.8 Å². The lowest BCUT2D eigenvalue weighted by atomic mass is 10.1. The number of nitrogens with zero attached hydrogens (tertiary/aromatic N) is 3. The van der Waals surface area contributed by atoms with Crippen molar-refractivity contribution >= 4 is 0 Å². The molecule has 2 aromatic heterocycles. The van der Waals surface area contributed by atoms with Gasteiger partial charge in [-0.05, 0) is 23.3 Å². The van der Waals surface area contributed by atoms with Crippen LogP contribution in [0.1, 0.15) is 22.7 Å². The summed E-state index contributed by atoms with van der Waals surface area (Å²) in [6.07, 6.45) is 5.90. The first-order chi connectivity index (χ1) is 11.7. The fourth-order valence-electron chi connectivity index (χ4n) is 3.46. The zero-order valence-electron chi connectivity index (χ0n) is 13.6. The van der Waals surface area contributed by atoms with E-state index in [0.29, 0.717) is 13.0 Å². The summed E-state index contributed by atoms with van der Waals surface area (Å²) in [5.41, 5.74) is 5.53. The number of aromatic nitrogens is 3. The van der Waals surface area contributed by atoms with Crippen molar-refractivity contribution in [1.82, 2.24) is 20.1 Å². The molecule has 2 heterocycles. The minimum absolute atomic E-state index is 0.0355. The maximum atomic E-state index is 10.4. The molecule has 0 bridgehead atoms. The van der Waals surface area contributed by atoms with E-state index in [2.05, 4.69) is 27.5 Å². The highest BCUT2D eigenvalue weighted by molar-refractivity contribution is 5.61. The summed E-state index contributed by atoms with van der Waals surface area (Å²) < 4.78 is 1.83. The van der Waals surface area contributed by atoms with Gasteiger partial charge in [0.25, 0.3) is 0 Å². The predicted octanol–water partition coefficient (Wildman–Crippen LogP) is 2.23. The molecule has 0 fully saturated rings. The second-order valence-corrected chi connectivity index (χ2v) is 6.24. The third-order valence-electron chi connectivity index (χ3n) is 4.57. The number of hydrogen-bond donors (Lipinski definition) is 2. The Kier molecular flexibility index (Phi) is 3.88. The Morgan fingerprint density at radius 2 is 2.00 bits per heavy atom. The Balaban J connectivity index is 1.57. The standard InChI is InChI=1S/C19H20N4O/c1-23-12-15(18(22-23)13-6-8-20-9-7-13)11-21-19-16-5-3-2-4-14(16)10-17(19)24/h2-9,12,17,19,21,24H,10-11H2,1H3/t17-,19+/m0/s1. The lowest BCUT2D eigenvalue weighted by Crippen LogP contribution is -2.28. The molecule has 0 saturated heterocycles. The van der Waals surface area contributed by atoms with Gasteiger partial charge in [0.1, 0.15) is 0 Å². The molecule has 5 nitrogen and oxygen atoms in total. The normalized spacial score (nSPS) is 19.4. The Hall–Kier alpha value is -2.50. The fraction of sp³-hybridized carbons (Fsp3) is 0.263. The van der Waals surface area contributed by atoms with E-state index in [-0.39, 0.29) is 12.1 Å². The highest BCUT2D eigenvalue weighted by Gasteiger charge is 2.30. The van der Waals surface area contributed by atoms with E-state index in [4.69, 9.17) is 0 Å². The smallest absolute Gasteiger partial charge is 0.0969 e. The summed E-state index contributed by atoms with van der Waals surface area (Å²) in [5, 5.41) is 18.5. The van der Waals surface area contributed by atoms with E-state index in [1.807, 2.05) is 42.2 Å². The number of aliphatic hydroxyl groups excluding tert-OH is 1. The third kappa shape index (κ3) is 2.72. The molecule has 0 saturated carbocycles. The number of fused-ring (bicyclic) bond motifs is 1. The maximum absolute atomic E-state index is 10.4. The molecule has 4 rings (SSSR count). The van der Waals surface area contributed by atoms with E-state index >= 15 is 0 Å². The van der Waals surface area contributed by atoms with Crippen molar-refractivity contribution in [3.8, 4) is 11.3 Å². The van der Waals surface area contributed by atoms with Crippen LogP contribution in [0, 0.1) is 0 Å². The SMILES string of the molecule is Cn1cc(CN[C@@H]2c3ccccc3C[C@@H]2O)c(-c2ccncc2)n1. The van der Waals surface area contributed by atoms with E-state index in [1.54, 1.807) is 12.4 Å². The molecule has 0 unspecified atom stereocenters. The van der Waals surface area contributed by atoms with Crippen molar-refractivity contribution in [2.45, 2.75) is 25.1 Å². The monoisotopic (exact) mass is 320 g/mol.